The summed E-state index contributed by atoms with van der Waals surface area (Å²) in [6.07, 6.45) is 3.88. The van der Waals surface area contributed by atoms with Crippen molar-refractivity contribution in [2.75, 3.05) is 20.1 Å². The number of β-amino-alcohol motifs (C(OH)–C–C–N with tert-alkyl or cyclic N) is 1. The third-order valence-corrected chi connectivity index (χ3v) is 7.28. The minimum absolute atomic E-state index is 0.0638. The van der Waals surface area contributed by atoms with E-state index in [4.69, 9.17) is 9.15 Å². The largest absolute Gasteiger partial charge is 0.460 e. The minimum atomic E-state index is -0.865. The van der Waals surface area contributed by atoms with E-state index >= 15 is 0 Å². The second-order valence-corrected chi connectivity index (χ2v) is 9.76. The quantitative estimate of drug-likeness (QED) is 0.436. The van der Waals surface area contributed by atoms with E-state index in [1.807, 2.05) is 20.8 Å². The van der Waals surface area contributed by atoms with Gasteiger partial charge in [0.1, 0.15) is 22.6 Å². The molecule has 1 aliphatic heterocycles. The van der Waals surface area contributed by atoms with Gasteiger partial charge in [0.05, 0.1) is 29.5 Å². The first-order chi connectivity index (χ1) is 17.1. The Labute approximate surface area is 208 Å². The van der Waals surface area contributed by atoms with E-state index in [-0.39, 0.29) is 17.7 Å². The van der Waals surface area contributed by atoms with Gasteiger partial charge in [-0.25, -0.2) is 4.52 Å². The summed E-state index contributed by atoms with van der Waals surface area (Å²) in [4.78, 5) is 27.3. The van der Waals surface area contributed by atoms with Crippen LogP contribution in [0.15, 0.2) is 41.1 Å². The lowest BCUT2D eigenvalue weighted by molar-refractivity contribution is 0.00520. The molecule has 4 aromatic rings. The molecule has 9 heteroatoms. The molecule has 5 rings (SSSR count). The normalized spacial score (nSPS) is 17.9. The molecule has 0 aliphatic carbocycles. The number of fused-ring (bicyclic) bond motifs is 2. The van der Waals surface area contributed by atoms with Crippen LogP contribution in [0.25, 0.3) is 16.5 Å². The molecule has 4 heterocycles. The van der Waals surface area contributed by atoms with Crippen LogP contribution in [0.1, 0.15) is 52.3 Å². The summed E-state index contributed by atoms with van der Waals surface area (Å²) in [6, 6.07) is 7.07. The smallest absolute Gasteiger partial charge is 0.255 e. The molecule has 188 valence electrons. The average molecular weight is 491 g/mol. The zero-order valence-corrected chi connectivity index (χ0v) is 21.1. The van der Waals surface area contributed by atoms with Crippen molar-refractivity contribution in [2.24, 2.45) is 5.92 Å². The van der Waals surface area contributed by atoms with Crippen LogP contribution in [0, 0.1) is 19.8 Å². The fourth-order valence-corrected chi connectivity index (χ4v) is 4.95. The van der Waals surface area contributed by atoms with Crippen molar-refractivity contribution < 1.29 is 23.8 Å². The molecule has 3 aromatic heterocycles. The molecule has 0 radical (unpaired) electrons. The number of ether oxygens (including phenoxy) is 1. The highest BCUT2D eigenvalue weighted by atomic mass is 16.5. The first-order valence-corrected chi connectivity index (χ1v) is 12.0. The summed E-state index contributed by atoms with van der Waals surface area (Å²) in [5, 5.41) is 18.6. The number of furan rings is 1. The van der Waals surface area contributed by atoms with Gasteiger partial charge in [-0.05, 0) is 43.9 Å². The van der Waals surface area contributed by atoms with Gasteiger partial charge in [-0.15, -0.1) is 0 Å². The molecule has 1 aliphatic rings. The highest BCUT2D eigenvalue weighted by Crippen LogP contribution is 2.35. The first kappa shape index (κ1) is 23.9. The summed E-state index contributed by atoms with van der Waals surface area (Å²) in [6.45, 7) is 8.39. The lowest BCUT2D eigenvalue weighted by atomic mass is 9.90. The molecular formula is C27H30N4O5. The Hall–Kier alpha value is -3.85. The second kappa shape index (κ2) is 8.67. The zero-order valence-electron chi connectivity index (χ0n) is 21.1. The van der Waals surface area contributed by atoms with Gasteiger partial charge in [-0.2, -0.15) is 5.10 Å². The molecule has 36 heavy (non-hydrogen) atoms. The fourth-order valence-electron chi connectivity index (χ4n) is 4.95. The van der Waals surface area contributed by atoms with Gasteiger partial charge in [-0.3, -0.25) is 9.59 Å². The number of carbonyl (C=O) groups is 2. The summed E-state index contributed by atoms with van der Waals surface area (Å²) in [5.41, 5.74) is 2.14. The molecule has 0 bridgehead atoms. The molecule has 0 spiro atoms. The maximum absolute atomic E-state index is 13.4. The Morgan fingerprint density at radius 3 is 2.72 bits per heavy atom. The van der Waals surface area contributed by atoms with Gasteiger partial charge < -0.3 is 24.5 Å². The van der Waals surface area contributed by atoms with E-state index in [1.54, 1.807) is 60.0 Å². The SMILES string of the molecule is CNC(=O)c1c(C)oc2cc(Oc3ccnn4cc(C(=O)N5CC[C@@](O)(C(C)C)C5)c(C)c34)ccc12. The van der Waals surface area contributed by atoms with Crippen molar-refractivity contribution in [3.05, 3.63) is 59.1 Å². The monoisotopic (exact) mass is 490 g/mol. The van der Waals surface area contributed by atoms with Crippen molar-refractivity contribution in [3.8, 4) is 11.5 Å². The number of amides is 2. The van der Waals surface area contributed by atoms with E-state index in [1.165, 1.54) is 0 Å². The third kappa shape index (κ3) is 3.80. The Bertz CT molecular complexity index is 1500. The predicted molar refractivity (Wildman–Crippen MR) is 135 cm³/mol. The van der Waals surface area contributed by atoms with Crippen molar-refractivity contribution in [3.63, 3.8) is 0 Å². The Morgan fingerprint density at radius 2 is 2.03 bits per heavy atom. The lowest BCUT2D eigenvalue weighted by Crippen LogP contribution is -2.40. The number of aliphatic hydroxyl groups is 1. The van der Waals surface area contributed by atoms with Crippen LogP contribution in [0.3, 0.4) is 0 Å². The van der Waals surface area contributed by atoms with E-state index in [2.05, 4.69) is 10.4 Å². The van der Waals surface area contributed by atoms with Crippen LogP contribution >= 0.6 is 0 Å². The number of benzene rings is 1. The Morgan fingerprint density at radius 1 is 1.25 bits per heavy atom. The third-order valence-electron chi connectivity index (χ3n) is 7.28. The second-order valence-electron chi connectivity index (χ2n) is 9.76. The molecule has 1 fully saturated rings. The number of carbonyl (C=O) groups excluding carboxylic acids is 2. The molecule has 0 unspecified atom stereocenters. The number of nitrogens with zero attached hydrogens (tertiary/aromatic N) is 3. The summed E-state index contributed by atoms with van der Waals surface area (Å²) in [5.74, 6) is 1.33. The molecule has 9 nitrogen and oxygen atoms in total. The standard InChI is InChI=1S/C27H30N4O5/c1-15(2)27(34)9-11-30(14-27)26(33)20-13-31-24(16(20)3)21(8-10-29-31)36-18-6-7-19-22(12-18)35-17(4)23(19)25(32)28-5/h6-8,10,12-13,15,34H,9,11,14H2,1-5H3,(H,28,32)/t27-/m0/s1. The van der Waals surface area contributed by atoms with Crippen LogP contribution in [-0.4, -0.2) is 57.2 Å². The van der Waals surface area contributed by atoms with Crippen LogP contribution in [-0.2, 0) is 0 Å². The first-order valence-electron chi connectivity index (χ1n) is 12.0. The van der Waals surface area contributed by atoms with Gasteiger partial charge in [0.15, 0.2) is 5.75 Å². The number of hydrogen-bond donors (Lipinski definition) is 2. The summed E-state index contributed by atoms with van der Waals surface area (Å²) in [7, 11) is 1.58. The van der Waals surface area contributed by atoms with Gasteiger partial charge in [0.2, 0.25) is 0 Å². The maximum atomic E-state index is 13.4. The van der Waals surface area contributed by atoms with Crippen LogP contribution in [0.4, 0.5) is 0 Å². The Balaban J connectivity index is 1.47. The van der Waals surface area contributed by atoms with Crippen molar-refractivity contribution >= 4 is 28.3 Å². The van der Waals surface area contributed by atoms with Crippen LogP contribution in [0.2, 0.25) is 0 Å². The number of aryl methyl sites for hydroxylation is 2. The average Bonchev–Trinajstić information content (AvgIpc) is 3.51. The molecule has 1 saturated heterocycles. The molecular weight excluding hydrogens is 460 g/mol. The number of aromatic nitrogens is 2. The van der Waals surface area contributed by atoms with Crippen LogP contribution < -0.4 is 10.1 Å². The summed E-state index contributed by atoms with van der Waals surface area (Å²) >= 11 is 0. The van der Waals surface area contributed by atoms with E-state index < -0.39 is 5.60 Å². The molecule has 2 amide bonds. The molecule has 1 atom stereocenters. The number of rotatable bonds is 5. The van der Waals surface area contributed by atoms with Crippen molar-refractivity contribution in [1.29, 1.82) is 0 Å². The molecule has 1 aromatic carbocycles. The Kier molecular flexibility index (Phi) is 5.75. The van der Waals surface area contributed by atoms with Gasteiger partial charge in [0, 0.05) is 37.3 Å². The zero-order chi connectivity index (χ0) is 25.8. The van der Waals surface area contributed by atoms with Gasteiger partial charge >= 0.3 is 0 Å². The minimum Gasteiger partial charge on any atom is -0.460 e. The van der Waals surface area contributed by atoms with Crippen molar-refractivity contribution in [2.45, 2.75) is 39.7 Å². The van der Waals surface area contributed by atoms with Crippen molar-refractivity contribution in [1.82, 2.24) is 19.8 Å². The number of hydrogen-bond acceptors (Lipinski definition) is 6. The number of nitrogens with one attached hydrogen (secondary N) is 1. The lowest BCUT2D eigenvalue weighted by Gasteiger charge is -2.27. The highest BCUT2D eigenvalue weighted by molar-refractivity contribution is 6.07. The summed E-state index contributed by atoms with van der Waals surface area (Å²) < 4.78 is 13.7. The topological polar surface area (TPSA) is 109 Å². The van der Waals surface area contributed by atoms with Crippen LogP contribution in [0.5, 0.6) is 11.5 Å². The predicted octanol–water partition coefficient (Wildman–Crippen LogP) is 4.08. The fraction of sp³-hybridized carbons (Fsp3) is 0.370. The van der Waals surface area contributed by atoms with E-state index in [0.29, 0.717) is 64.4 Å². The van der Waals surface area contributed by atoms with Gasteiger partial charge in [-0.1, -0.05) is 13.8 Å². The van der Waals surface area contributed by atoms with E-state index in [9.17, 15) is 14.7 Å². The highest BCUT2D eigenvalue weighted by Gasteiger charge is 2.41. The molecule has 2 N–H and O–H groups in total. The number of likely N-dealkylation sites (tertiary alicyclic amines) is 1. The van der Waals surface area contributed by atoms with Gasteiger partial charge in [0.25, 0.3) is 11.8 Å². The molecule has 0 saturated carbocycles. The maximum Gasteiger partial charge on any atom is 0.255 e. The van der Waals surface area contributed by atoms with E-state index in [0.717, 1.165) is 5.56 Å².